The van der Waals surface area contributed by atoms with Crippen LogP contribution >= 0.6 is 0 Å². The average Bonchev–Trinajstić information content (AvgIpc) is 3.02. The van der Waals surface area contributed by atoms with E-state index in [1.54, 1.807) is 34.2 Å². The monoisotopic (exact) mass is 392 g/mol. The number of nitrogens with one attached hydrogen (secondary N) is 1. The molecule has 0 saturated carbocycles. The summed E-state index contributed by atoms with van der Waals surface area (Å²) in [6, 6.07) is 10.9. The van der Waals surface area contributed by atoms with E-state index in [1.807, 2.05) is 32.0 Å². The van der Waals surface area contributed by atoms with Crippen LogP contribution in [0, 0.1) is 6.92 Å². The number of hydrogen-bond donors (Lipinski definition) is 1. The Morgan fingerprint density at radius 3 is 2.76 bits per heavy atom. The van der Waals surface area contributed by atoms with Crippen molar-refractivity contribution in [2.75, 3.05) is 16.8 Å². The zero-order valence-corrected chi connectivity index (χ0v) is 16.6. The summed E-state index contributed by atoms with van der Waals surface area (Å²) in [5.41, 5.74) is 1.56. The molecule has 1 saturated heterocycles. The number of rotatable bonds is 5. The fourth-order valence-electron chi connectivity index (χ4n) is 4.19. The number of pyridine rings is 1. The largest absolute Gasteiger partial charge is 0.315 e. The van der Waals surface area contributed by atoms with Gasteiger partial charge in [0.15, 0.2) is 0 Å². The number of aromatic nitrogens is 1. The molecule has 1 unspecified atom stereocenters. The Morgan fingerprint density at radius 1 is 1.21 bits per heavy atom. The molecule has 1 fully saturated rings. The standard InChI is InChI=1S/C22H24N4O3/c1-15-9-10-18(23-14-15)24-19(27)8-5-13-25-21(29)16-6-3-4-7-17(16)26-20(28)11-12-22(25,26)2/h3-4,6-7,9-10,14H,5,8,11-13H2,1-2H3,(H,23,24,27). The van der Waals surface area contributed by atoms with Crippen LogP contribution in [-0.4, -0.2) is 39.8 Å². The van der Waals surface area contributed by atoms with Gasteiger partial charge < -0.3 is 10.2 Å². The van der Waals surface area contributed by atoms with E-state index in [4.69, 9.17) is 0 Å². The second kappa shape index (κ2) is 7.31. The van der Waals surface area contributed by atoms with Gasteiger partial charge in [0.2, 0.25) is 11.8 Å². The molecule has 7 heteroatoms. The lowest BCUT2D eigenvalue weighted by Crippen LogP contribution is -2.62. The maximum absolute atomic E-state index is 13.1. The molecule has 2 aliphatic heterocycles. The van der Waals surface area contributed by atoms with Gasteiger partial charge in [0.1, 0.15) is 11.5 Å². The Morgan fingerprint density at radius 2 is 2.00 bits per heavy atom. The van der Waals surface area contributed by atoms with Gasteiger partial charge in [0.05, 0.1) is 11.3 Å². The van der Waals surface area contributed by atoms with E-state index in [0.29, 0.717) is 42.9 Å². The number of amides is 3. The number of benzene rings is 1. The molecule has 0 aliphatic carbocycles. The first-order valence-electron chi connectivity index (χ1n) is 9.87. The summed E-state index contributed by atoms with van der Waals surface area (Å²) in [7, 11) is 0. The molecule has 3 amide bonds. The Hall–Kier alpha value is -3.22. The highest BCUT2D eigenvalue weighted by molar-refractivity contribution is 6.10. The molecule has 29 heavy (non-hydrogen) atoms. The second-order valence-corrected chi connectivity index (χ2v) is 7.79. The number of carbonyl (C=O) groups is 3. The van der Waals surface area contributed by atoms with E-state index in [1.165, 1.54) is 0 Å². The zero-order chi connectivity index (χ0) is 20.6. The molecule has 4 rings (SSSR count). The van der Waals surface area contributed by atoms with Crippen molar-refractivity contribution in [3.8, 4) is 0 Å². The van der Waals surface area contributed by atoms with Crippen LogP contribution in [0.3, 0.4) is 0 Å². The Balaban J connectivity index is 1.45. The normalized spacial score (nSPS) is 20.5. The number of carbonyl (C=O) groups excluding carboxylic acids is 3. The summed E-state index contributed by atoms with van der Waals surface area (Å²) in [5, 5.41) is 2.78. The molecular formula is C22H24N4O3. The first-order chi connectivity index (χ1) is 13.9. The lowest BCUT2D eigenvalue weighted by molar-refractivity contribution is -0.118. The van der Waals surface area contributed by atoms with E-state index in [0.717, 1.165) is 5.56 Å². The quantitative estimate of drug-likeness (QED) is 0.848. The van der Waals surface area contributed by atoms with E-state index in [9.17, 15) is 14.4 Å². The number of para-hydroxylation sites is 1. The highest BCUT2D eigenvalue weighted by atomic mass is 16.2. The summed E-state index contributed by atoms with van der Waals surface area (Å²) >= 11 is 0. The van der Waals surface area contributed by atoms with Gasteiger partial charge in [0, 0.05) is 25.6 Å². The molecule has 0 spiro atoms. The van der Waals surface area contributed by atoms with Crippen molar-refractivity contribution in [1.29, 1.82) is 0 Å². The fraction of sp³-hybridized carbons (Fsp3) is 0.364. The number of hydrogen-bond acceptors (Lipinski definition) is 4. The molecule has 150 valence electrons. The Kier molecular flexibility index (Phi) is 4.82. The van der Waals surface area contributed by atoms with Gasteiger partial charge in [-0.05, 0) is 50.5 Å². The Bertz CT molecular complexity index is 972. The predicted molar refractivity (Wildman–Crippen MR) is 109 cm³/mol. The molecule has 2 aliphatic rings. The average molecular weight is 392 g/mol. The van der Waals surface area contributed by atoms with Gasteiger partial charge in [-0.15, -0.1) is 0 Å². The minimum atomic E-state index is -0.683. The Labute approximate surface area is 169 Å². The van der Waals surface area contributed by atoms with Crippen molar-refractivity contribution in [1.82, 2.24) is 9.88 Å². The van der Waals surface area contributed by atoms with Crippen LogP contribution in [0.25, 0.3) is 0 Å². The van der Waals surface area contributed by atoms with Gasteiger partial charge in [-0.1, -0.05) is 18.2 Å². The van der Waals surface area contributed by atoms with Crippen molar-refractivity contribution in [3.63, 3.8) is 0 Å². The lowest BCUT2D eigenvalue weighted by Gasteiger charge is -2.48. The third kappa shape index (κ3) is 3.37. The second-order valence-electron chi connectivity index (χ2n) is 7.79. The van der Waals surface area contributed by atoms with Gasteiger partial charge in [0.25, 0.3) is 5.91 Å². The van der Waals surface area contributed by atoms with Crippen molar-refractivity contribution < 1.29 is 14.4 Å². The smallest absolute Gasteiger partial charge is 0.257 e. The minimum Gasteiger partial charge on any atom is -0.315 e. The molecule has 0 bridgehead atoms. The summed E-state index contributed by atoms with van der Waals surface area (Å²) in [6.07, 6.45) is 3.47. The predicted octanol–water partition coefficient (Wildman–Crippen LogP) is 3.11. The topological polar surface area (TPSA) is 82.6 Å². The number of nitrogens with zero attached hydrogens (tertiary/aromatic N) is 3. The number of fused-ring (bicyclic) bond motifs is 3. The van der Waals surface area contributed by atoms with Crippen LogP contribution in [0.4, 0.5) is 11.5 Å². The number of anilines is 2. The van der Waals surface area contributed by atoms with Gasteiger partial charge in [-0.3, -0.25) is 19.3 Å². The van der Waals surface area contributed by atoms with E-state index in [-0.39, 0.29) is 24.1 Å². The van der Waals surface area contributed by atoms with Crippen LogP contribution in [0.1, 0.15) is 48.5 Å². The molecule has 1 aromatic carbocycles. The molecule has 7 nitrogen and oxygen atoms in total. The maximum atomic E-state index is 13.1. The van der Waals surface area contributed by atoms with Crippen molar-refractivity contribution >= 4 is 29.2 Å². The van der Waals surface area contributed by atoms with E-state index >= 15 is 0 Å². The molecule has 1 N–H and O–H groups in total. The van der Waals surface area contributed by atoms with Crippen molar-refractivity contribution in [3.05, 3.63) is 53.7 Å². The van der Waals surface area contributed by atoms with Crippen LogP contribution in [0.15, 0.2) is 42.6 Å². The molecule has 1 atom stereocenters. The first kappa shape index (κ1) is 19.1. The van der Waals surface area contributed by atoms with Gasteiger partial charge in [-0.2, -0.15) is 0 Å². The molecular weight excluding hydrogens is 368 g/mol. The molecule has 3 heterocycles. The summed E-state index contributed by atoms with van der Waals surface area (Å²) in [6.45, 7) is 4.27. The SMILES string of the molecule is Cc1ccc(NC(=O)CCCN2C(=O)c3ccccc3N3C(=O)CCC23C)nc1. The van der Waals surface area contributed by atoms with Crippen molar-refractivity contribution in [2.24, 2.45) is 0 Å². The third-order valence-electron chi connectivity index (χ3n) is 5.71. The first-order valence-corrected chi connectivity index (χ1v) is 9.87. The highest BCUT2D eigenvalue weighted by Crippen LogP contribution is 2.43. The lowest BCUT2D eigenvalue weighted by atomic mass is 9.98. The molecule has 0 radical (unpaired) electrons. The fourth-order valence-corrected chi connectivity index (χ4v) is 4.19. The number of aryl methyl sites for hydroxylation is 1. The molecule has 2 aromatic rings. The van der Waals surface area contributed by atoms with Gasteiger partial charge >= 0.3 is 0 Å². The van der Waals surface area contributed by atoms with Crippen LogP contribution in [0.5, 0.6) is 0 Å². The van der Waals surface area contributed by atoms with E-state index in [2.05, 4.69) is 10.3 Å². The minimum absolute atomic E-state index is 0.0284. The van der Waals surface area contributed by atoms with Crippen molar-refractivity contribution in [2.45, 2.75) is 45.2 Å². The van der Waals surface area contributed by atoms with Gasteiger partial charge in [-0.25, -0.2) is 4.98 Å². The summed E-state index contributed by atoms with van der Waals surface area (Å²) in [5.74, 6) is 0.314. The zero-order valence-electron chi connectivity index (χ0n) is 16.6. The summed E-state index contributed by atoms with van der Waals surface area (Å²) < 4.78 is 0. The molecule has 1 aromatic heterocycles. The van der Waals surface area contributed by atoms with E-state index < -0.39 is 5.66 Å². The van der Waals surface area contributed by atoms with Crippen LogP contribution < -0.4 is 10.2 Å². The summed E-state index contributed by atoms with van der Waals surface area (Å²) in [4.78, 5) is 45.6. The maximum Gasteiger partial charge on any atom is 0.257 e. The van der Waals surface area contributed by atoms with Crippen LogP contribution in [0.2, 0.25) is 0 Å². The van der Waals surface area contributed by atoms with Crippen LogP contribution in [-0.2, 0) is 9.59 Å². The highest BCUT2D eigenvalue weighted by Gasteiger charge is 2.52. The third-order valence-corrected chi connectivity index (χ3v) is 5.71.